The molecule has 1 aliphatic heterocycles. The van der Waals surface area contributed by atoms with Crippen molar-refractivity contribution in [1.82, 2.24) is 10.6 Å². The second kappa shape index (κ2) is 5.31. The van der Waals surface area contributed by atoms with Crippen LogP contribution in [0.25, 0.3) is 0 Å². The molecule has 2 fully saturated rings. The molecule has 1 unspecified atom stereocenters. The fraction of sp³-hybridized carbons (Fsp3) is 1.00. The lowest BCUT2D eigenvalue weighted by Gasteiger charge is -2.29. The third-order valence-electron chi connectivity index (χ3n) is 3.95. The van der Waals surface area contributed by atoms with E-state index in [0.717, 1.165) is 5.92 Å². The molecule has 0 amide bonds. The Morgan fingerprint density at radius 3 is 2.87 bits per heavy atom. The van der Waals surface area contributed by atoms with Crippen LogP contribution in [0.1, 0.15) is 51.9 Å². The van der Waals surface area contributed by atoms with E-state index in [0.29, 0.717) is 5.54 Å². The minimum absolute atomic E-state index is 0.443. The Labute approximate surface area is 94.2 Å². The standard InChI is InChI=1S/C13H26N2/c1-2-7-13(8-3-9-15-13)11-14-10-6-12-4-5-12/h12,14-15H,2-11H2,1H3. The van der Waals surface area contributed by atoms with Gasteiger partial charge in [0.15, 0.2) is 0 Å². The monoisotopic (exact) mass is 210 g/mol. The smallest absolute Gasteiger partial charge is 0.0306 e. The highest BCUT2D eigenvalue weighted by molar-refractivity contribution is 4.94. The summed E-state index contributed by atoms with van der Waals surface area (Å²) in [6.07, 6.45) is 9.75. The zero-order valence-electron chi connectivity index (χ0n) is 10.1. The average molecular weight is 210 g/mol. The summed E-state index contributed by atoms with van der Waals surface area (Å²) < 4.78 is 0. The van der Waals surface area contributed by atoms with Crippen molar-refractivity contribution < 1.29 is 0 Å². The van der Waals surface area contributed by atoms with Crippen molar-refractivity contribution in [3.63, 3.8) is 0 Å². The van der Waals surface area contributed by atoms with Gasteiger partial charge in [0.25, 0.3) is 0 Å². The SMILES string of the molecule is CCCC1(CNCCC2CC2)CCCN1. The molecular formula is C13H26N2. The highest BCUT2D eigenvalue weighted by Gasteiger charge is 2.31. The Balaban J connectivity index is 1.64. The lowest BCUT2D eigenvalue weighted by molar-refractivity contribution is 0.324. The molecule has 0 spiro atoms. The maximum absolute atomic E-state index is 3.71. The summed E-state index contributed by atoms with van der Waals surface area (Å²) in [7, 11) is 0. The largest absolute Gasteiger partial charge is 0.315 e. The molecule has 2 nitrogen and oxygen atoms in total. The van der Waals surface area contributed by atoms with Gasteiger partial charge in [0, 0.05) is 12.1 Å². The topological polar surface area (TPSA) is 24.1 Å². The lowest BCUT2D eigenvalue weighted by atomic mass is 9.92. The number of hydrogen-bond donors (Lipinski definition) is 2. The van der Waals surface area contributed by atoms with Crippen molar-refractivity contribution >= 4 is 0 Å². The van der Waals surface area contributed by atoms with Gasteiger partial charge in [0.2, 0.25) is 0 Å². The number of hydrogen-bond acceptors (Lipinski definition) is 2. The minimum Gasteiger partial charge on any atom is -0.315 e. The molecule has 1 saturated heterocycles. The molecular weight excluding hydrogens is 184 g/mol. The summed E-state index contributed by atoms with van der Waals surface area (Å²) in [5, 5.41) is 7.37. The second-order valence-corrected chi connectivity index (χ2v) is 5.47. The quantitative estimate of drug-likeness (QED) is 0.630. The van der Waals surface area contributed by atoms with E-state index in [9.17, 15) is 0 Å². The molecule has 88 valence electrons. The van der Waals surface area contributed by atoms with Crippen molar-refractivity contribution in [2.75, 3.05) is 19.6 Å². The van der Waals surface area contributed by atoms with Gasteiger partial charge in [-0.05, 0) is 44.7 Å². The van der Waals surface area contributed by atoms with Crippen LogP contribution in [-0.4, -0.2) is 25.2 Å². The summed E-state index contributed by atoms with van der Waals surface area (Å²) in [5.74, 6) is 1.07. The molecule has 0 radical (unpaired) electrons. The third-order valence-corrected chi connectivity index (χ3v) is 3.95. The van der Waals surface area contributed by atoms with Gasteiger partial charge >= 0.3 is 0 Å². The summed E-state index contributed by atoms with van der Waals surface area (Å²) in [5.41, 5.74) is 0.443. The van der Waals surface area contributed by atoms with E-state index in [1.165, 1.54) is 64.6 Å². The van der Waals surface area contributed by atoms with E-state index in [1.807, 2.05) is 0 Å². The highest BCUT2D eigenvalue weighted by Crippen LogP contribution is 2.31. The van der Waals surface area contributed by atoms with Crippen molar-refractivity contribution in [3.8, 4) is 0 Å². The van der Waals surface area contributed by atoms with Gasteiger partial charge in [0.1, 0.15) is 0 Å². The van der Waals surface area contributed by atoms with Crippen LogP contribution in [-0.2, 0) is 0 Å². The van der Waals surface area contributed by atoms with Gasteiger partial charge in [-0.15, -0.1) is 0 Å². The molecule has 1 saturated carbocycles. The maximum atomic E-state index is 3.71. The summed E-state index contributed by atoms with van der Waals surface area (Å²) in [4.78, 5) is 0. The maximum Gasteiger partial charge on any atom is 0.0306 e. The van der Waals surface area contributed by atoms with Gasteiger partial charge in [-0.3, -0.25) is 0 Å². The Bertz CT molecular complexity index is 181. The Hall–Kier alpha value is -0.0800. The predicted octanol–water partition coefficient (Wildman–Crippen LogP) is 2.30. The van der Waals surface area contributed by atoms with E-state index in [-0.39, 0.29) is 0 Å². The molecule has 2 rings (SSSR count). The lowest BCUT2D eigenvalue weighted by Crippen LogP contribution is -2.48. The van der Waals surface area contributed by atoms with Crippen LogP contribution >= 0.6 is 0 Å². The average Bonchev–Trinajstić information content (AvgIpc) is 2.95. The van der Waals surface area contributed by atoms with E-state index in [1.54, 1.807) is 0 Å². The second-order valence-electron chi connectivity index (χ2n) is 5.47. The summed E-state index contributed by atoms with van der Waals surface area (Å²) >= 11 is 0. The molecule has 0 aromatic rings. The number of rotatable bonds is 7. The molecule has 1 heterocycles. The fourth-order valence-electron chi connectivity index (χ4n) is 2.84. The number of nitrogens with one attached hydrogen (secondary N) is 2. The Morgan fingerprint density at radius 1 is 1.40 bits per heavy atom. The van der Waals surface area contributed by atoms with Crippen molar-refractivity contribution in [2.24, 2.45) is 5.92 Å². The first-order valence-electron chi connectivity index (χ1n) is 6.80. The Morgan fingerprint density at radius 2 is 2.27 bits per heavy atom. The zero-order chi connectivity index (χ0) is 10.6. The fourth-order valence-corrected chi connectivity index (χ4v) is 2.84. The minimum atomic E-state index is 0.443. The van der Waals surface area contributed by atoms with Crippen LogP contribution in [0, 0.1) is 5.92 Å². The summed E-state index contributed by atoms with van der Waals surface area (Å²) in [6.45, 7) is 5.95. The first-order valence-corrected chi connectivity index (χ1v) is 6.80. The van der Waals surface area contributed by atoms with E-state index >= 15 is 0 Å². The van der Waals surface area contributed by atoms with Gasteiger partial charge in [0.05, 0.1) is 0 Å². The van der Waals surface area contributed by atoms with Crippen molar-refractivity contribution in [2.45, 2.75) is 57.4 Å². The van der Waals surface area contributed by atoms with Gasteiger partial charge < -0.3 is 10.6 Å². The molecule has 15 heavy (non-hydrogen) atoms. The first kappa shape index (κ1) is 11.4. The molecule has 2 heteroatoms. The zero-order valence-corrected chi connectivity index (χ0v) is 10.1. The van der Waals surface area contributed by atoms with Crippen LogP contribution in [0.3, 0.4) is 0 Å². The van der Waals surface area contributed by atoms with E-state index < -0.39 is 0 Å². The molecule has 1 atom stereocenters. The van der Waals surface area contributed by atoms with E-state index in [2.05, 4.69) is 17.6 Å². The molecule has 2 N–H and O–H groups in total. The van der Waals surface area contributed by atoms with Gasteiger partial charge in [-0.1, -0.05) is 26.2 Å². The van der Waals surface area contributed by atoms with E-state index in [4.69, 9.17) is 0 Å². The van der Waals surface area contributed by atoms with Crippen LogP contribution in [0.4, 0.5) is 0 Å². The van der Waals surface area contributed by atoms with Crippen LogP contribution < -0.4 is 10.6 Å². The molecule has 2 aliphatic rings. The van der Waals surface area contributed by atoms with Crippen LogP contribution in [0.5, 0.6) is 0 Å². The predicted molar refractivity (Wildman–Crippen MR) is 65.1 cm³/mol. The molecule has 0 bridgehead atoms. The third kappa shape index (κ3) is 3.46. The first-order chi connectivity index (χ1) is 7.35. The summed E-state index contributed by atoms with van der Waals surface area (Å²) in [6, 6.07) is 0. The molecule has 1 aliphatic carbocycles. The van der Waals surface area contributed by atoms with Crippen molar-refractivity contribution in [3.05, 3.63) is 0 Å². The van der Waals surface area contributed by atoms with Crippen molar-refractivity contribution in [1.29, 1.82) is 0 Å². The van der Waals surface area contributed by atoms with Crippen LogP contribution in [0.2, 0.25) is 0 Å². The van der Waals surface area contributed by atoms with Gasteiger partial charge in [-0.25, -0.2) is 0 Å². The normalized spacial score (nSPS) is 31.0. The molecule has 0 aromatic carbocycles. The Kier molecular flexibility index (Phi) is 4.04. The molecule has 0 aromatic heterocycles. The van der Waals surface area contributed by atoms with Gasteiger partial charge in [-0.2, -0.15) is 0 Å². The highest BCUT2D eigenvalue weighted by atomic mass is 15.1. The van der Waals surface area contributed by atoms with Crippen LogP contribution in [0.15, 0.2) is 0 Å².